The topological polar surface area (TPSA) is 110 Å². The Bertz CT molecular complexity index is 736. The Morgan fingerprint density at radius 1 is 1.36 bits per heavy atom. The van der Waals surface area contributed by atoms with E-state index in [-0.39, 0.29) is 24.7 Å². The van der Waals surface area contributed by atoms with Crippen LogP contribution in [0, 0.1) is 11.8 Å². The minimum absolute atomic E-state index is 0.109. The first-order valence-electron chi connectivity index (χ1n) is 9.01. The molecule has 3 heterocycles. The summed E-state index contributed by atoms with van der Waals surface area (Å²) in [5.74, 6) is -4.64. The summed E-state index contributed by atoms with van der Waals surface area (Å²) in [5, 5.41) is 21.4. The van der Waals surface area contributed by atoms with Gasteiger partial charge in [0.15, 0.2) is 0 Å². The fourth-order valence-corrected chi connectivity index (χ4v) is 4.46. The number of likely N-dealkylation sites (tertiary alicyclic amines) is 1. The molecule has 11 heteroatoms. The second-order valence-corrected chi connectivity index (χ2v) is 7.62. The molecule has 2 saturated heterocycles. The third-order valence-corrected chi connectivity index (χ3v) is 5.78. The lowest BCUT2D eigenvalue weighted by Gasteiger charge is -2.46. The Morgan fingerprint density at radius 2 is 2.00 bits per heavy atom. The van der Waals surface area contributed by atoms with E-state index in [0.717, 1.165) is 0 Å². The monoisotopic (exact) mass is 405 g/mol. The third kappa shape index (κ3) is 3.37. The molecule has 3 N–H and O–H groups in total. The maximum absolute atomic E-state index is 12.4. The van der Waals surface area contributed by atoms with Crippen molar-refractivity contribution in [3.63, 3.8) is 0 Å². The molecule has 3 rings (SSSR count). The molecule has 0 saturated carbocycles. The van der Waals surface area contributed by atoms with Crippen molar-refractivity contribution in [2.75, 3.05) is 19.6 Å². The molecule has 0 aromatic carbocycles. The Morgan fingerprint density at radius 3 is 2.54 bits per heavy atom. The Balaban J connectivity index is 1.71. The van der Waals surface area contributed by atoms with Crippen LogP contribution in [-0.4, -0.2) is 81.8 Å². The van der Waals surface area contributed by atoms with Crippen molar-refractivity contribution in [1.29, 1.82) is 0 Å². The van der Waals surface area contributed by atoms with E-state index in [1.165, 1.54) is 11.8 Å². The molecule has 2 fully saturated rings. The average molecular weight is 405 g/mol. The molecule has 0 bridgehead atoms. The second kappa shape index (κ2) is 7.03. The minimum Gasteiger partial charge on any atom is -0.477 e. The van der Waals surface area contributed by atoms with Crippen LogP contribution < -0.4 is 5.32 Å². The van der Waals surface area contributed by atoms with Gasteiger partial charge in [0.05, 0.1) is 18.1 Å². The van der Waals surface area contributed by atoms with Crippen LogP contribution >= 0.6 is 0 Å². The number of aliphatic carboxylic acids is 1. The number of rotatable bonds is 5. The van der Waals surface area contributed by atoms with Gasteiger partial charge in [-0.15, -0.1) is 0 Å². The molecule has 0 radical (unpaired) electrons. The van der Waals surface area contributed by atoms with Gasteiger partial charge in [-0.05, 0) is 18.9 Å². The second-order valence-electron chi connectivity index (χ2n) is 7.62. The number of nitrogens with zero attached hydrogens (tertiary/aromatic N) is 2. The van der Waals surface area contributed by atoms with E-state index >= 15 is 0 Å². The quantitative estimate of drug-likeness (QED) is 0.553. The smallest absolute Gasteiger partial charge is 0.471 e. The van der Waals surface area contributed by atoms with Crippen molar-refractivity contribution in [3.05, 3.63) is 11.3 Å². The summed E-state index contributed by atoms with van der Waals surface area (Å²) in [4.78, 5) is 38.1. The van der Waals surface area contributed by atoms with Gasteiger partial charge < -0.3 is 20.4 Å². The summed E-state index contributed by atoms with van der Waals surface area (Å²) in [6.07, 6.45) is -5.54. The number of aliphatic hydroxyl groups is 1. The van der Waals surface area contributed by atoms with Crippen LogP contribution in [0.5, 0.6) is 0 Å². The molecular weight excluding hydrogens is 383 g/mol. The van der Waals surface area contributed by atoms with Crippen LogP contribution in [0.2, 0.25) is 0 Å². The van der Waals surface area contributed by atoms with Gasteiger partial charge in [-0.3, -0.25) is 14.5 Å². The first-order valence-corrected chi connectivity index (χ1v) is 9.01. The molecule has 0 aliphatic carbocycles. The van der Waals surface area contributed by atoms with Crippen molar-refractivity contribution in [1.82, 2.24) is 15.1 Å². The zero-order valence-electron chi connectivity index (χ0n) is 15.4. The average Bonchev–Trinajstić information content (AvgIpc) is 3.09. The number of carbonyl (C=O) groups is 3. The molecular formula is C17H22F3N3O5. The lowest BCUT2D eigenvalue weighted by atomic mass is 9.77. The number of halogens is 3. The van der Waals surface area contributed by atoms with E-state index < -0.39 is 48.1 Å². The van der Waals surface area contributed by atoms with Gasteiger partial charge in [-0.1, -0.05) is 6.92 Å². The lowest BCUT2D eigenvalue weighted by molar-refractivity contribution is -0.174. The molecule has 8 nitrogen and oxygen atoms in total. The summed E-state index contributed by atoms with van der Waals surface area (Å²) in [5.41, 5.74) is 0.402. The molecule has 5 atom stereocenters. The van der Waals surface area contributed by atoms with Gasteiger partial charge in [0.1, 0.15) is 5.70 Å². The highest BCUT2D eigenvalue weighted by atomic mass is 19.4. The largest absolute Gasteiger partial charge is 0.477 e. The van der Waals surface area contributed by atoms with Crippen molar-refractivity contribution < 1.29 is 37.8 Å². The molecule has 3 aliphatic heterocycles. The van der Waals surface area contributed by atoms with E-state index in [1.54, 1.807) is 11.8 Å². The normalized spacial score (nSPS) is 31.6. The molecule has 0 aromatic rings. The Kier molecular flexibility index (Phi) is 5.17. The van der Waals surface area contributed by atoms with Crippen LogP contribution in [0.15, 0.2) is 11.3 Å². The number of carbonyl (C=O) groups excluding carboxylic acids is 2. The van der Waals surface area contributed by atoms with Crippen LogP contribution in [-0.2, 0) is 14.4 Å². The van der Waals surface area contributed by atoms with E-state index in [9.17, 15) is 37.8 Å². The number of carboxylic acids is 1. The van der Waals surface area contributed by atoms with Gasteiger partial charge in [0.25, 0.3) is 0 Å². The molecule has 0 spiro atoms. The number of alkyl halides is 3. The number of carboxylic acid groups (broad SMARTS) is 1. The van der Waals surface area contributed by atoms with Gasteiger partial charge in [0, 0.05) is 31.6 Å². The predicted molar refractivity (Wildman–Crippen MR) is 88.7 cm³/mol. The highest BCUT2D eigenvalue weighted by molar-refractivity contribution is 6.00. The van der Waals surface area contributed by atoms with Gasteiger partial charge in [-0.25, -0.2) is 4.79 Å². The summed E-state index contributed by atoms with van der Waals surface area (Å²) in [6, 6.07) is -1.11. The van der Waals surface area contributed by atoms with E-state index in [1.807, 2.05) is 5.32 Å². The molecule has 2 unspecified atom stereocenters. The van der Waals surface area contributed by atoms with Crippen LogP contribution in [0.25, 0.3) is 0 Å². The summed E-state index contributed by atoms with van der Waals surface area (Å²) < 4.78 is 37.2. The van der Waals surface area contributed by atoms with E-state index in [0.29, 0.717) is 18.5 Å². The van der Waals surface area contributed by atoms with Crippen molar-refractivity contribution in [3.8, 4) is 0 Å². The highest BCUT2D eigenvalue weighted by Gasteiger charge is 2.59. The summed E-state index contributed by atoms with van der Waals surface area (Å²) in [6.45, 7) is 3.99. The van der Waals surface area contributed by atoms with Crippen LogP contribution in [0.3, 0.4) is 0 Å². The number of nitrogens with one attached hydrogen (secondary N) is 1. The SMILES string of the molecule is C[C@@H](O)C1C(=O)N2C(C(=O)O)=C(CN3CC[C@H](NC(=O)C(F)(F)F)C3)[C@H](C)C12. The van der Waals surface area contributed by atoms with E-state index in [2.05, 4.69) is 0 Å². The van der Waals surface area contributed by atoms with E-state index in [4.69, 9.17) is 0 Å². The number of aliphatic hydroxyl groups excluding tert-OH is 1. The first kappa shape index (κ1) is 20.6. The fourth-order valence-electron chi connectivity index (χ4n) is 4.46. The zero-order chi connectivity index (χ0) is 21.0. The van der Waals surface area contributed by atoms with Crippen molar-refractivity contribution in [2.45, 2.75) is 44.6 Å². The predicted octanol–water partition coefficient (Wildman–Crippen LogP) is -0.0646. The minimum atomic E-state index is -4.95. The summed E-state index contributed by atoms with van der Waals surface area (Å²) in [7, 11) is 0. The number of hydrogen-bond acceptors (Lipinski definition) is 5. The van der Waals surface area contributed by atoms with Gasteiger partial charge >= 0.3 is 18.1 Å². The van der Waals surface area contributed by atoms with Crippen LogP contribution in [0.1, 0.15) is 20.3 Å². The van der Waals surface area contributed by atoms with Crippen molar-refractivity contribution in [2.24, 2.45) is 11.8 Å². The number of fused-ring (bicyclic) bond motifs is 1. The molecule has 2 amide bonds. The highest BCUT2D eigenvalue weighted by Crippen LogP contribution is 2.47. The molecule has 0 aromatic heterocycles. The Labute approximate surface area is 159 Å². The van der Waals surface area contributed by atoms with Crippen molar-refractivity contribution >= 4 is 17.8 Å². The van der Waals surface area contributed by atoms with Gasteiger partial charge in [-0.2, -0.15) is 13.2 Å². The number of amides is 2. The zero-order valence-corrected chi connectivity index (χ0v) is 15.4. The van der Waals surface area contributed by atoms with Crippen LogP contribution in [0.4, 0.5) is 13.2 Å². The summed E-state index contributed by atoms with van der Waals surface area (Å²) >= 11 is 0. The first-order chi connectivity index (χ1) is 12.9. The number of hydrogen-bond donors (Lipinski definition) is 3. The maximum Gasteiger partial charge on any atom is 0.471 e. The molecule has 156 valence electrons. The molecule has 28 heavy (non-hydrogen) atoms. The van der Waals surface area contributed by atoms with Gasteiger partial charge in [0.2, 0.25) is 5.91 Å². The maximum atomic E-state index is 12.4. The number of β-lactam (4-membered cyclic amide) rings is 1. The third-order valence-electron chi connectivity index (χ3n) is 5.78. The fraction of sp³-hybridized carbons (Fsp3) is 0.706. The lowest BCUT2D eigenvalue weighted by Crippen LogP contribution is -2.63. The standard InChI is InChI=1S/C17H22F3N3O5/c1-7-10(6-22-4-3-9(5-22)21-16(28)17(18,19)20)13(15(26)27)23-12(7)11(8(2)24)14(23)25/h7-9,11-12,24H,3-6H2,1-2H3,(H,21,28)(H,26,27)/t7-,8+,9-,11?,12?/m0/s1. The molecule has 3 aliphatic rings. The Hall–Kier alpha value is -2.14.